The Labute approximate surface area is 147 Å². The van der Waals surface area contributed by atoms with Crippen LogP contribution in [0.15, 0.2) is 63.0 Å². The van der Waals surface area contributed by atoms with Crippen molar-refractivity contribution in [1.82, 2.24) is 10.6 Å². The highest BCUT2D eigenvalue weighted by atomic mass is 32.2. The van der Waals surface area contributed by atoms with Crippen LogP contribution in [0.4, 0.5) is 0 Å². The molecule has 0 radical (unpaired) electrons. The first-order chi connectivity index (χ1) is 11.9. The van der Waals surface area contributed by atoms with Crippen LogP contribution in [-0.4, -0.2) is 38.5 Å². The quantitative estimate of drug-likeness (QED) is 0.299. The van der Waals surface area contributed by atoms with Crippen molar-refractivity contribution in [2.24, 2.45) is 4.99 Å². The molecule has 6 heteroatoms. The highest BCUT2D eigenvalue weighted by Crippen LogP contribution is 2.15. The van der Waals surface area contributed by atoms with Crippen LogP contribution in [0.1, 0.15) is 12.2 Å². The van der Waals surface area contributed by atoms with Crippen LogP contribution >= 0.6 is 11.8 Å². The van der Waals surface area contributed by atoms with E-state index in [1.807, 2.05) is 30.0 Å². The van der Waals surface area contributed by atoms with E-state index in [4.69, 9.17) is 9.15 Å². The average molecular weight is 347 g/mol. The summed E-state index contributed by atoms with van der Waals surface area (Å²) in [6.45, 7) is 2.91. The molecule has 0 unspecified atom stereocenters. The van der Waals surface area contributed by atoms with E-state index in [2.05, 4.69) is 39.9 Å². The summed E-state index contributed by atoms with van der Waals surface area (Å²) in [6.07, 6.45) is 2.58. The largest absolute Gasteiger partial charge is 0.467 e. The van der Waals surface area contributed by atoms with E-state index < -0.39 is 0 Å². The van der Waals surface area contributed by atoms with E-state index in [1.165, 1.54) is 4.90 Å². The first-order valence-electron chi connectivity index (χ1n) is 8.11. The predicted octanol–water partition coefficient (Wildman–Crippen LogP) is 3.14. The summed E-state index contributed by atoms with van der Waals surface area (Å²) in [5.74, 6) is 2.68. The van der Waals surface area contributed by atoms with Gasteiger partial charge in [-0.05, 0) is 30.7 Å². The van der Waals surface area contributed by atoms with Gasteiger partial charge >= 0.3 is 0 Å². The lowest BCUT2D eigenvalue weighted by molar-refractivity contribution is 0.105. The van der Waals surface area contributed by atoms with Crippen molar-refractivity contribution in [3.8, 4) is 0 Å². The smallest absolute Gasteiger partial charge is 0.191 e. The molecule has 0 fully saturated rings. The summed E-state index contributed by atoms with van der Waals surface area (Å²) >= 11 is 1.83. The minimum Gasteiger partial charge on any atom is -0.467 e. The van der Waals surface area contributed by atoms with E-state index in [9.17, 15) is 0 Å². The molecule has 24 heavy (non-hydrogen) atoms. The normalized spacial score (nSPS) is 11.5. The van der Waals surface area contributed by atoms with Gasteiger partial charge in [0, 0.05) is 37.4 Å². The van der Waals surface area contributed by atoms with Crippen LogP contribution in [0.5, 0.6) is 0 Å². The summed E-state index contributed by atoms with van der Waals surface area (Å²) in [7, 11) is 1.78. The van der Waals surface area contributed by atoms with Crippen LogP contribution in [0.25, 0.3) is 0 Å². The van der Waals surface area contributed by atoms with E-state index in [1.54, 1.807) is 13.3 Å². The molecule has 0 spiro atoms. The van der Waals surface area contributed by atoms with E-state index in [0.29, 0.717) is 13.2 Å². The third kappa shape index (κ3) is 7.57. The van der Waals surface area contributed by atoms with Crippen molar-refractivity contribution in [3.05, 3.63) is 54.5 Å². The second kappa shape index (κ2) is 11.6. The van der Waals surface area contributed by atoms with Crippen molar-refractivity contribution < 1.29 is 9.15 Å². The number of nitrogens with one attached hydrogen (secondary N) is 2. The molecule has 0 atom stereocenters. The first kappa shape index (κ1) is 18.4. The molecule has 2 rings (SSSR count). The van der Waals surface area contributed by atoms with Crippen molar-refractivity contribution in [1.29, 1.82) is 0 Å². The molecule has 1 heterocycles. The molecule has 0 aliphatic rings. The Bertz CT molecular complexity index is 573. The molecule has 2 N–H and O–H groups in total. The standard InChI is InChI=1S/C18H25N3O2S/c1-19-18(21-11-14-24-17-8-3-2-4-9-17)20-10-6-12-22-15-16-7-5-13-23-16/h2-5,7-9,13H,6,10-12,14-15H2,1H3,(H2,19,20,21). The fourth-order valence-corrected chi connectivity index (χ4v) is 2.81. The number of nitrogens with zero attached hydrogens (tertiary/aromatic N) is 1. The van der Waals surface area contributed by atoms with Gasteiger partial charge in [-0.2, -0.15) is 0 Å². The van der Waals surface area contributed by atoms with Crippen LogP contribution in [0.2, 0.25) is 0 Å². The monoisotopic (exact) mass is 347 g/mol. The SMILES string of the molecule is CN=C(NCCCOCc1ccco1)NCCSc1ccccc1. The molecule has 0 aliphatic heterocycles. The van der Waals surface area contributed by atoms with Crippen molar-refractivity contribution in [3.63, 3.8) is 0 Å². The predicted molar refractivity (Wildman–Crippen MR) is 99.5 cm³/mol. The molecule has 5 nitrogen and oxygen atoms in total. The Morgan fingerprint density at radius 2 is 1.96 bits per heavy atom. The topological polar surface area (TPSA) is 58.8 Å². The third-order valence-electron chi connectivity index (χ3n) is 3.21. The van der Waals surface area contributed by atoms with Crippen LogP contribution in [0, 0.1) is 0 Å². The highest BCUT2D eigenvalue weighted by molar-refractivity contribution is 7.99. The molecule has 2 aromatic rings. The molecular weight excluding hydrogens is 322 g/mol. The van der Waals surface area contributed by atoms with Gasteiger partial charge in [0.05, 0.1) is 6.26 Å². The summed E-state index contributed by atoms with van der Waals surface area (Å²) in [6, 6.07) is 14.2. The Kier molecular flexibility index (Phi) is 8.90. The van der Waals surface area contributed by atoms with Gasteiger partial charge in [-0.25, -0.2) is 0 Å². The van der Waals surface area contributed by atoms with Crippen molar-refractivity contribution >= 4 is 17.7 Å². The maximum absolute atomic E-state index is 5.54. The summed E-state index contributed by atoms with van der Waals surface area (Å²) in [5, 5.41) is 6.60. The molecule has 1 aromatic carbocycles. The summed E-state index contributed by atoms with van der Waals surface area (Å²) < 4.78 is 10.8. The minimum absolute atomic E-state index is 0.524. The zero-order valence-corrected chi connectivity index (χ0v) is 14.8. The Morgan fingerprint density at radius 3 is 2.71 bits per heavy atom. The molecule has 0 bridgehead atoms. The highest BCUT2D eigenvalue weighted by Gasteiger charge is 1.99. The minimum atomic E-state index is 0.524. The van der Waals surface area contributed by atoms with Gasteiger partial charge < -0.3 is 19.8 Å². The average Bonchev–Trinajstić information content (AvgIpc) is 3.14. The molecular formula is C18H25N3O2S. The Morgan fingerprint density at radius 1 is 1.12 bits per heavy atom. The van der Waals surface area contributed by atoms with Crippen molar-refractivity contribution in [2.45, 2.75) is 17.9 Å². The maximum atomic E-state index is 5.54. The maximum Gasteiger partial charge on any atom is 0.191 e. The summed E-state index contributed by atoms with van der Waals surface area (Å²) in [4.78, 5) is 5.51. The number of hydrogen-bond acceptors (Lipinski definition) is 4. The lowest BCUT2D eigenvalue weighted by Gasteiger charge is -2.11. The van der Waals surface area contributed by atoms with Gasteiger partial charge in [-0.15, -0.1) is 11.8 Å². The number of hydrogen-bond donors (Lipinski definition) is 2. The van der Waals surface area contributed by atoms with Crippen LogP contribution in [0.3, 0.4) is 0 Å². The summed E-state index contributed by atoms with van der Waals surface area (Å²) in [5.41, 5.74) is 0. The molecule has 0 saturated carbocycles. The lowest BCUT2D eigenvalue weighted by Crippen LogP contribution is -2.39. The van der Waals surface area contributed by atoms with Crippen LogP contribution in [-0.2, 0) is 11.3 Å². The molecule has 1 aromatic heterocycles. The fraction of sp³-hybridized carbons (Fsp3) is 0.389. The number of aliphatic imine (C=N–C) groups is 1. The molecule has 130 valence electrons. The van der Waals surface area contributed by atoms with Gasteiger partial charge in [0.1, 0.15) is 12.4 Å². The number of rotatable bonds is 10. The fourth-order valence-electron chi connectivity index (χ4n) is 2.02. The first-order valence-corrected chi connectivity index (χ1v) is 9.09. The van der Waals surface area contributed by atoms with Crippen molar-refractivity contribution in [2.75, 3.05) is 32.5 Å². The van der Waals surface area contributed by atoms with Gasteiger partial charge in [0.25, 0.3) is 0 Å². The zero-order valence-electron chi connectivity index (χ0n) is 14.0. The van der Waals surface area contributed by atoms with Gasteiger partial charge in [-0.1, -0.05) is 18.2 Å². The van der Waals surface area contributed by atoms with E-state index in [0.717, 1.165) is 37.0 Å². The second-order valence-electron chi connectivity index (χ2n) is 5.07. The number of guanidine groups is 1. The molecule has 0 amide bonds. The zero-order chi connectivity index (χ0) is 16.9. The number of ether oxygens (including phenoxy) is 1. The van der Waals surface area contributed by atoms with E-state index in [-0.39, 0.29) is 0 Å². The Balaban J connectivity index is 1.48. The number of benzene rings is 1. The van der Waals surface area contributed by atoms with Crippen LogP contribution < -0.4 is 10.6 Å². The lowest BCUT2D eigenvalue weighted by atomic mass is 10.4. The van der Waals surface area contributed by atoms with E-state index >= 15 is 0 Å². The van der Waals surface area contributed by atoms with Gasteiger partial charge in [-0.3, -0.25) is 4.99 Å². The van der Waals surface area contributed by atoms with Gasteiger partial charge in [0.2, 0.25) is 0 Å². The Hall–Kier alpha value is -1.92. The molecule has 0 saturated heterocycles. The number of thioether (sulfide) groups is 1. The van der Waals surface area contributed by atoms with Gasteiger partial charge in [0.15, 0.2) is 5.96 Å². The second-order valence-corrected chi connectivity index (χ2v) is 6.24. The molecule has 0 aliphatic carbocycles. The third-order valence-corrected chi connectivity index (χ3v) is 4.23. The number of furan rings is 1.